The molecule has 2 aromatic rings. The SMILES string of the molecule is Cc1cc(C)c(CNCC2COc3ccccc3C2)cc1C. The maximum atomic E-state index is 5.86. The molecule has 0 amide bonds. The molecule has 1 heterocycles. The van der Waals surface area contributed by atoms with Crippen molar-refractivity contribution in [2.75, 3.05) is 13.2 Å². The second-order valence-electron chi connectivity index (χ2n) is 6.48. The number of hydrogen-bond donors (Lipinski definition) is 1. The van der Waals surface area contributed by atoms with E-state index in [0.717, 1.165) is 31.9 Å². The third-order valence-corrected chi connectivity index (χ3v) is 4.66. The zero-order chi connectivity index (χ0) is 15.5. The summed E-state index contributed by atoms with van der Waals surface area (Å²) >= 11 is 0. The lowest BCUT2D eigenvalue weighted by Gasteiger charge is -2.25. The highest BCUT2D eigenvalue weighted by Gasteiger charge is 2.18. The van der Waals surface area contributed by atoms with Gasteiger partial charge in [0.2, 0.25) is 0 Å². The maximum absolute atomic E-state index is 5.86. The van der Waals surface area contributed by atoms with Gasteiger partial charge in [0.15, 0.2) is 0 Å². The molecule has 1 aliphatic rings. The Morgan fingerprint density at radius 2 is 1.82 bits per heavy atom. The average molecular weight is 295 g/mol. The molecule has 0 saturated heterocycles. The fraction of sp³-hybridized carbons (Fsp3) is 0.400. The van der Waals surface area contributed by atoms with E-state index in [4.69, 9.17) is 4.74 Å². The lowest BCUT2D eigenvalue weighted by molar-refractivity contribution is 0.218. The van der Waals surface area contributed by atoms with Crippen molar-refractivity contribution in [2.24, 2.45) is 5.92 Å². The molecule has 3 rings (SSSR count). The molecular weight excluding hydrogens is 270 g/mol. The van der Waals surface area contributed by atoms with Gasteiger partial charge in [-0.2, -0.15) is 0 Å². The number of hydrogen-bond acceptors (Lipinski definition) is 2. The largest absolute Gasteiger partial charge is 0.493 e. The summed E-state index contributed by atoms with van der Waals surface area (Å²) in [7, 11) is 0. The van der Waals surface area contributed by atoms with Gasteiger partial charge in [-0.1, -0.05) is 30.3 Å². The molecule has 0 bridgehead atoms. The van der Waals surface area contributed by atoms with Gasteiger partial charge in [-0.15, -0.1) is 0 Å². The highest BCUT2D eigenvalue weighted by Crippen LogP contribution is 2.26. The Balaban J connectivity index is 1.55. The van der Waals surface area contributed by atoms with Crippen LogP contribution in [-0.4, -0.2) is 13.2 Å². The molecule has 1 atom stereocenters. The number of para-hydroxylation sites is 1. The molecule has 2 aromatic carbocycles. The van der Waals surface area contributed by atoms with Crippen LogP contribution in [0.3, 0.4) is 0 Å². The molecule has 0 fully saturated rings. The minimum atomic E-state index is 0.557. The van der Waals surface area contributed by atoms with Gasteiger partial charge >= 0.3 is 0 Å². The van der Waals surface area contributed by atoms with Gasteiger partial charge < -0.3 is 10.1 Å². The molecule has 0 radical (unpaired) electrons. The van der Waals surface area contributed by atoms with Crippen molar-refractivity contribution >= 4 is 0 Å². The van der Waals surface area contributed by atoms with E-state index in [-0.39, 0.29) is 0 Å². The number of nitrogens with one attached hydrogen (secondary N) is 1. The van der Waals surface area contributed by atoms with Gasteiger partial charge in [0, 0.05) is 19.0 Å². The van der Waals surface area contributed by atoms with Crippen molar-refractivity contribution < 1.29 is 4.74 Å². The molecule has 0 spiro atoms. The monoisotopic (exact) mass is 295 g/mol. The standard InChI is InChI=1S/C20H25NO/c1-14-8-16(3)19(9-15(14)2)12-21-11-17-10-18-6-4-5-7-20(18)22-13-17/h4-9,17,21H,10-13H2,1-3H3. The van der Waals surface area contributed by atoms with Gasteiger partial charge in [-0.25, -0.2) is 0 Å². The summed E-state index contributed by atoms with van der Waals surface area (Å²) in [5.74, 6) is 1.62. The van der Waals surface area contributed by atoms with Crippen LogP contribution < -0.4 is 10.1 Å². The van der Waals surface area contributed by atoms with Gasteiger partial charge in [-0.3, -0.25) is 0 Å². The maximum Gasteiger partial charge on any atom is 0.122 e. The van der Waals surface area contributed by atoms with Crippen LogP contribution in [0, 0.1) is 26.7 Å². The average Bonchev–Trinajstić information content (AvgIpc) is 2.52. The van der Waals surface area contributed by atoms with E-state index in [0.29, 0.717) is 5.92 Å². The number of aryl methyl sites for hydroxylation is 3. The Hall–Kier alpha value is -1.80. The highest BCUT2D eigenvalue weighted by atomic mass is 16.5. The number of fused-ring (bicyclic) bond motifs is 1. The summed E-state index contributed by atoms with van der Waals surface area (Å²) in [6, 6.07) is 13.0. The van der Waals surface area contributed by atoms with E-state index in [1.165, 1.54) is 27.8 Å². The van der Waals surface area contributed by atoms with Crippen molar-refractivity contribution in [3.8, 4) is 5.75 Å². The van der Waals surface area contributed by atoms with Crippen molar-refractivity contribution in [1.29, 1.82) is 0 Å². The van der Waals surface area contributed by atoms with E-state index in [1.807, 2.05) is 6.07 Å². The molecule has 1 aliphatic heterocycles. The van der Waals surface area contributed by atoms with Crippen LogP contribution in [0.15, 0.2) is 36.4 Å². The van der Waals surface area contributed by atoms with Crippen molar-refractivity contribution in [3.05, 3.63) is 64.2 Å². The van der Waals surface area contributed by atoms with Crippen molar-refractivity contribution in [1.82, 2.24) is 5.32 Å². The summed E-state index contributed by atoms with van der Waals surface area (Å²) < 4.78 is 5.86. The zero-order valence-electron chi connectivity index (χ0n) is 13.8. The zero-order valence-corrected chi connectivity index (χ0v) is 13.8. The summed E-state index contributed by atoms with van der Waals surface area (Å²) in [6.45, 7) is 9.31. The molecule has 22 heavy (non-hydrogen) atoms. The Labute approximate surface area is 133 Å². The minimum Gasteiger partial charge on any atom is -0.493 e. The third-order valence-electron chi connectivity index (χ3n) is 4.66. The number of benzene rings is 2. The third kappa shape index (κ3) is 3.33. The fourth-order valence-electron chi connectivity index (χ4n) is 3.14. The second-order valence-corrected chi connectivity index (χ2v) is 6.48. The van der Waals surface area contributed by atoms with Crippen molar-refractivity contribution in [2.45, 2.75) is 33.7 Å². The van der Waals surface area contributed by atoms with Crippen LogP contribution >= 0.6 is 0 Å². The summed E-state index contributed by atoms with van der Waals surface area (Å²) in [5.41, 5.74) is 6.86. The second kappa shape index (κ2) is 6.53. The Morgan fingerprint density at radius 3 is 2.68 bits per heavy atom. The van der Waals surface area contributed by atoms with E-state index in [1.54, 1.807) is 0 Å². The van der Waals surface area contributed by atoms with E-state index in [9.17, 15) is 0 Å². The summed E-state index contributed by atoms with van der Waals surface area (Å²) in [6.07, 6.45) is 1.11. The van der Waals surface area contributed by atoms with Gasteiger partial charge in [0.25, 0.3) is 0 Å². The summed E-state index contributed by atoms with van der Waals surface area (Å²) in [5, 5.41) is 3.61. The lowest BCUT2D eigenvalue weighted by atomic mass is 9.96. The number of ether oxygens (including phenoxy) is 1. The van der Waals surface area contributed by atoms with Crippen LogP contribution in [0.4, 0.5) is 0 Å². The van der Waals surface area contributed by atoms with E-state index in [2.05, 4.69) is 56.4 Å². The van der Waals surface area contributed by atoms with Crippen LogP contribution in [-0.2, 0) is 13.0 Å². The van der Waals surface area contributed by atoms with Gasteiger partial charge in [-0.05, 0) is 61.1 Å². The van der Waals surface area contributed by atoms with Crippen LogP contribution in [0.1, 0.15) is 27.8 Å². The molecule has 1 unspecified atom stereocenters. The smallest absolute Gasteiger partial charge is 0.122 e. The van der Waals surface area contributed by atoms with Crippen LogP contribution in [0.25, 0.3) is 0 Å². The molecule has 2 heteroatoms. The van der Waals surface area contributed by atoms with E-state index >= 15 is 0 Å². The first-order valence-corrected chi connectivity index (χ1v) is 8.11. The molecule has 2 nitrogen and oxygen atoms in total. The lowest BCUT2D eigenvalue weighted by Crippen LogP contribution is -2.31. The molecule has 0 saturated carbocycles. The fourth-order valence-corrected chi connectivity index (χ4v) is 3.14. The van der Waals surface area contributed by atoms with E-state index < -0.39 is 0 Å². The van der Waals surface area contributed by atoms with Gasteiger partial charge in [0.1, 0.15) is 5.75 Å². The molecule has 1 N–H and O–H groups in total. The summed E-state index contributed by atoms with van der Waals surface area (Å²) in [4.78, 5) is 0. The van der Waals surface area contributed by atoms with Crippen LogP contribution in [0.2, 0.25) is 0 Å². The molecular formula is C20H25NO. The molecule has 116 valence electrons. The van der Waals surface area contributed by atoms with Gasteiger partial charge in [0.05, 0.1) is 6.61 Å². The quantitative estimate of drug-likeness (QED) is 0.922. The first kappa shape index (κ1) is 15.1. The predicted octanol–water partition coefficient (Wildman–Crippen LogP) is 3.95. The predicted molar refractivity (Wildman–Crippen MR) is 91.5 cm³/mol. The normalized spacial score (nSPS) is 17.0. The first-order chi connectivity index (χ1) is 10.6. The Bertz CT molecular complexity index is 663. The van der Waals surface area contributed by atoms with Crippen molar-refractivity contribution in [3.63, 3.8) is 0 Å². The Kier molecular flexibility index (Phi) is 4.49. The topological polar surface area (TPSA) is 21.3 Å². The molecule has 0 aliphatic carbocycles. The highest BCUT2D eigenvalue weighted by molar-refractivity contribution is 5.37. The molecule has 0 aromatic heterocycles. The number of rotatable bonds is 4. The van der Waals surface area contributed by atoms with Crippen LogP contribution in [0.5, 0.6) is 5.75 Å². The first-order valence-electron chi connectivity index (χ1n) is 8.11. The minimum absolute atomic E-state index is 0.557. The Morgan fingerprint density at radius 1 is 1.05 bits per heavy atom.